The Bertz CT molecular complexity index is 298. The van der Waals surface area contributed by atoms with Gasteiger partial charge in [0.05, 0.1) is 12.7 Å². The van der Waals surface area contributed by atoms with Crippen molar-refractivity contribution in [3.63, 3.8) is 0 Å². The van der Waals surface area contributed by atoms with Gasteiger partial charge in [0.1, 0.15) is 0 Å². The molecular weight excluding hydrogens is 242 g/mol. The number of rotatable bonds is 4. The average Bonchev–Trinajstić information content (AvgIpc) is 2.39. The van der Waals surface area contributed by atoms with Gasteiger partial charge in [0.15, 0.2) is 0 Å². The van der Waals surface area contributed by atoms with Gasteiger partial charge in [-0.2, -0.15) is 0 Å². The van der Waals surface area contributed by atoms with Crippen LogP contribution in [-0.2, 0) is 9.53 Å². The highest BCUT2D eigenvalue weighted by Gasteiger charge is 2.25. The van der Waals surface area contributed by atoms with Gasteiger partial charge in [-0.1, -0.05) is 12.8 Å². The van der Waals surface area contributed by atoms with E-state index >= 15 is 0 Å². The van der Waals surface area contributed by atoms with E-state index in [-0.39, 0.29) is 18.1 Å². The average molecular weight is 269 g/mol. The third kappa shape index (κ3) is 4.75. The summed E-state index contributed by atoms with van der Waals surface area (Å²) in [6, 6.07) is 0.205. The molecule has 0 aromatic rings. The zero-order valence-electron chi connectivity index (χ0n) is 11.9. The van der Waals surface area contributed by atoms with Gasteiger partial charge in [0, 0.05) is 32.1 Å². The molecule has 1 heterocycles. The van der Waals surface area contributed by atoms with Crippen molar-refractivity contribution in [3.8, 4) is 0 Å². The molecule has 1 amide bonds. The Labute approximate surface area is 115 Å². The predicted molar refractivity (Wildman–Crippen MR) is 74.8 cm³/mol. The standard InChI is InChI=1S/C14H27N3O2/c1-17-6-7-19-12(10-17)9-16-14(18)8-11-4-2-3-5-13(11)15/h11-13H,2-10,15H2,1H3,(H,16,18). The maximum absolute atomic E-state index is 11.9. The molecule has 19 heavy (non-hydrogen) atoms. The SMILES string of the molecule is CN1CCOC(CNC(=O)CC2CCCCC2N)C1. The minimum absolute atomic E-state index is 0.124. The van der Waals surface area contributed by atoms with Crippen LogP contribution >= 0.6 is 0 Å². The van der Waals surface area contributed by atoms with Gasteiger partial charge in [-0.3, -0.25) is 4.79 Å². The molecule has 1 saturated carbocycles. The molecule has 0 radical (unpaired) electrons. The third-order valence-electron chi connectivity index (χ3n) is 4.28. The van der Waals surface area contributed by atoms with E-state index in [4.69, 9.17) is 10.5 Å². The molecule has 3 unspecified atom stereocenters. The molecule has 0 bridgehead atoms. The summed E-state index contributed by atoms with van der Waals surface area (Å²) in [7, 11) is 2.08. The van der Waals surface area contributed by atoms with E-state index in [1.165, 1.54) is 12.8 Å². The summed E-state index contributed by atoms with van der Waals surface area (Å²) in [4.78, 5) is 14.2. The van der Waals surface area contributed by atoms with Gasteiger partial charge in [-0.15, -0.1) is 0 Å². The number of ether oxygens (including phenoxy) is 1. The molecule has 1 saturated heterocycles. The topological polar surface area (TPSA) is 67.6 Å². The molecule has 2 fully saturated rings. The maximum atomic E-state index is 11.9. The number of nitrogens with zero attached hydrogens (tertiary/aromatic N) is 1. The van der Waals surface area contributed by atoms with E-state index in [9.17, 15) is 4.79 Å². The summed E-state index contributed by atoms with van der Waals surface area (Å²) in [6.45, 7) is 3.24. The highest BCUT2D eigenvalue weighted by molar-refractivity contribution is 5.76. The van der Waals surface area contributed by atoms with Crippen molar-refractivity contribution in [1.29, 1.82) is 0 Å². The molecule has 5 heteroatoms. The van der Waals surface area contributed by atoms with Gasteiger partial charge in [0.25, 0.3) is 0 Å². The molecule has 0 aromatic carbocycles. The van der Waals surface area contributed by atoms with Crippen molar-refractivity contribution < 1.29 is 9.53 Å². The van der Waals surface area contributed by atoms with Crippen LogP contribution in [0.25, 0.3) is 0 Å². The Morgan fingerprint density at radius 1 is 1.42 bits per heavy atom. The lowest BCUT2D eigenvalue weighted by Crippen LogP contribution is -2.46. The summed E-state index contributed by atoms with van der Waals surface area (Å²) in [5.41, 5.74) is 6.07. The summed E-state index contributed by atoms with van der Waals surface area (Å²) >= 11 is 0. The van der Waals surface area contributed by atoms with Crippen LogP contribution in [0, 0.1) is 5.92 Å². The van der Waals surface area contributed by atoms with E-state index in [1.54, 1.807) is 0 Å². The predicted octanol–water partition coefficient (Wildman–Crippen LogP) is 0.341. The fraction of sp³-hybridized carbons (Fsp3) is 0.929. The van der Waals surface area contributed by atoms with Crippen molar-refractivity contribution in [2.24, 2.45) is 11.7 Å². The zero-order chi connectivity index (χ0) is 13.7. The minimum atomic E-state index is 0.124. The Morgan fingerprint density at radius 2 is 2.21 bits per heavy atom. The van der Waals surface area contributed by atoms with E-state index in [2.05, 4.69) is 17.3 Å². The molecule has 5 nitrogen and oxygen atoms in total. The number of likely N-dealkylation sites (N-methyl/N-ethyl adjacent to an activating group) is 1. The number of hydrogen-bond donors (Lipinski definition) is 2. The molecule has 3 N–H and O–H groups in total. The van der Waals surface area contributed by atoms with Gasteiger partial charge in [-0.05, 0) is 25.8 Å². The lowest BCUT2D eigenvalue weighted by Gasteiger charge is -2.31. The second-order valence-corrected chi connectivity index (χ2v) is 5.97. The Kier molecular flexibility index (Phi) is 5.60. The summed E-state index contributed by atoms with van der Waals surface area (Å²) in [5, 5.41) is 2.99. The highest BCUT2D eigenvalue weighted by Crippen LogP contribution is 2.25. The quantitative estimate of drug-likeness (QED) is 0.772. The summed E-state index contributed by atoms with van der Waals surface area (Å²) in [5.74, 6) is 0.489. The maximum Gasteiger partial charge on any atom is 0.220 e. The molecule has 2 aliphatic rings. The lowest BCUT2D eigenvalue weighted by molar-refractivity contribution is -0.123. The van der Waals surface area contributed by atoms with Gasteiger partial charge in [-0.25, -0.2) is 0 Å². The first-order chi connectivity index (χ1) is 9.15. The smallest absolute Gasteiger partial charge is 0.220 e. The number of carbonyl (C=O) groups is 1. The largest absolute Gasteiger partial charge is 0.374 e. The number of morpholine rings is 1. The van der Waals surface area contributed by atoms with Crippen LogP contribution in [-0.4, -0.2) is 56.2 Å². The fourth-order valence-corrected chi connectivity index (χ4v) is 3.02. The van der Waals surface area contributed by atoms with Crippen molar-refractivity contribution in [2.75, 3.05) is 33.3 Å². The highest BCUT2D eigenvalue weighted by atomic mass is 16.5. The van der Waals surface area contributed by atoms with Crippen molar-refractivity contribution in [2.45, 2.75) is 44.2 Å². The summed E-state index contributed by atoms with van der Waals surface area (Å²) < 4.78 is 5.63. The van der Waals surface area contributed by atoms with Crippen LogP contribution < -0.4 is 11.1 Å². The molecule has 3 atom stereocenters. The normalized spacial score (nSPS) is 33.1. The first-order valence-corrected chi connectivity index (χ1v) is 7.47. The van der Waals surface area contributed by atoms with Crippen LogP contribution in [0.2, 0.25) is 0 Å². The second kappa shape index (κ2) is 7.22. The van der Waals surface area contributed by atoms with Crippen LogP contribution in [0.1, 0.15) is 32.1 Å². The van der Waals surface area contributed by atoms with Crippen LogP contribution in [0.4, 0.5) is 0 Å². The van der Waals surface area contributed by atoms with Gasteiger partial charge < -0.3 is 20.7 Å². The van der Waals surface area contributed by atoms with E-state index in [0.29, 0.717) is 18.9 Å². The first-order valence-electron chi connectivity index (χ1n) is 7.47. The number of carbonyl (C=O) groups excluding carboxylic acids is 1. The molecule has 2 rings (SSSR count). The Hall–Kier alpha value is -0.650. The molecule has 0 aromatic heterocycles. The first kappa shape index (κ1) is 14.8. The number of hydrogen-bond acceptors (Lipinski definition) is 4. The van der Waals surface area contributed by atoms with Crippen molar-refractivity contribution in [3.05, 3.63) is 0 Å². The number of nitrogens with one attached hydrogen (secondary N) is 1. The Balaban J connectivity index is 1.66. The van der Waals surface area contributed by atoms with Gasteiger partial charge >= 0.3 is 0 Å². The van der Waals surface area contributed by atoms with Crippen LogP contribution in [0.15, 0.2) is 0 Å². The van der Waals surface area contributed by atoms with E-state index < -0.39 is 0 Å². The van der Waals surface area contributed by atoms with Gasteiger partial charge in [0.2, 0.25) is 5.91 Å². The summed E-state index contributed by atoms with van der Waals surface area (Å²) in [6.07, 6.45) is 5.28. The van der Waals surface area contributed by atoms with Crippen LogP contribution in [0.5, 0.6) is 0 Å². The van der Waals surface area contributed by atoms with Crippen LogP contribution in [0.3, 0.4) is 0 Å². The molecular formula is C14H27N3O2. The monoisotopic (exact) mass is 269 g/mol. The number of nitrogens with two attached hydrogens (primary N) is 1. The molecule has 0 spiro atoms. The van der Waals surface area contributed by atoms with Crippen molar-refractivity contribution >= 4 is 5.91 Å². The molecule has 110 valence electrons. The second-order valence-electron chi connectivity index (χ2n) is 5.97. The van der Waals surface area contributed by atoms with E-state index in [0.717, 1.165) is 32.5 Å². The minimum Gasteiger partial charge on any atom is -0.374 e. The van der Waals surface area contributed by atoms with Crippen molar-refractivity contribution in [1.82, 2.24) is 10.2 Å². The third-order valence-corrected chi connectivity index (χ3v) is 4.28. The Morgan fingerprint density at radius 3 is 2.95 bits per heavy atom. The fourth-order valence-electron chi connectivity index (χ4n) is 3.02. The molecule has 1 aliphatic carbocycles. The lowest BCUT2D eigenvalue weighted by atomic mass is 9.83. The molecule has 1 aliphatic heterocycles. The zero-order valence-corrected chi connectivity index (χ0v) is 11.9. The van der Waals surface area contributed by atoms with E-state index in [1.807, 2.05) is 0 Å². The number of amides is 1.